The number of amides is 3. The minimum atomic E-state index is -0.733. The highest BCUT2D eigenvalue weighted by Crippen LogP contribution is 2.39. The zero-order valence-electron chi connectivity index (χ0n) is 20.5. The van der Waals surface area contributed by atoms with Crippen LogP contribution in [0.1, 0.15) is 56.1 Å². The molecule has 1 aromatic heterocycles. The highest BCUT2D eigenvalue weighted by Gasteiger charge is 2.51. The number of rotatable bonds is 7. The first-order valence-corrected chi connectivity index (χ1v) is 13.9. The van der Waals surface area contributed by atoms with Crippen LogP contribution in [0.4, 0.5) is 0 Å². The van der Waals surface area contributed by atoms with Crippen molar-refractivity contribution in [2.24, 2.45) is 11.8 Å². The standard InChI is InChI=1S/C28H22Cl2N2O6S/c29-21-12-9-17(14-22(21)30)25(34)31(32-26(35)19-4-1-2-5-20(19)27(32)36)15-23(33)16-7-10-18(11-8-16)38-28(37)24-6-3-13-39-24/h3,6-14,19-20H,1-2,4-5,15H2/t19-,20-/m0/s1. The van der Waals surface area contributed by atoms with Gasteiger partial charge >= 0.3 is 5.97 Å². The zero-order chi connectivity index (χ0) is 27.7. The fourth-order valence-corrected chi connectivity index (χ4v) is 5.78. The Balaban J connectivity index is 1.40. The summed E-state index contributed by atoms with van der Waals surface area (Å²) < 4.78 is 5.33. The van der Waals surface area contributed by atoms with Crippen LogP contribution in [0.5, 0.6) is 5.75 Å². The Morgan fingerprint density at radius 3 is 2.13 bits per heavy atom. The summed E-state index contributed by atoms with van der Waals surface area (Å²) in [5, 5.41) is 3.84. The van der Waals surface area contributed by atoms with Crippen LogP contribution >= 0.6 is 34.5 Å². The number of nitrogens with zero attached hydrogens (tertiary/aromatic N) is 2. The number of hydrogen-bond donors (Lipinski definition) is 0. The summed E-state index contributed by atoms with van der Waals surface area (Å²) in [7, 11) is 0. The number of esters is 1. The summed E-state index contributed by atoms with van der Waals surface area (Å²) in [6, 6.07) is 13.4. The van der Waals surface area contributed by atoms with Gasteiger partial charge in [-0.3, -0.25) is 19.2 Å². The van der Waals surface area contributed by atoms with Crippen molar-refractivity contribution >= 4 is 64.0 Å². The van der Waals surface area contributed by atoms with E-state index in [-0.39, 0.29) is 26.9 Å². The van der Waals surface area contributed by atoms with E-state index in [1.807, 2.05) is 0 Å². The zero-order valence-corrected chi connectivity index (χ0v) is 22.8. The number of Topliss-reactive ketones (excluding diaryl/α,β-unsaturated/α-hetero) is 1. The van der Waals surface area contributed by atoms with Gasteiger partial charge in [-0.25, -0.2) is 9.80 Å². The first-order valence-electron chi connectivity index (χ1n) is 12.3. The molecular weight excluding hydrogens is 563 g/mol. The second-order valence-electron chi connectivity index (χ2n) is 9.29. The Morgan fingerprint density at radius 2 is 1.54 bits per heavy atom. The molecule has 2 aliphatic rings. The molecule has 0 bridgehead atoms. The number of hydrogen-bond acceptors (Lipinski definition) is 7. The summed E-state index contributed by atoms with van der Waals surface area (Å²) >= 11 is 13.4. The molecule has 0 N–H and O–H groups in total. The lowest BCUT2D eigenvalue weighted by Gasteiger charge is -2.30. The fourth-order valence-electron chi connectivity index (χ4n) is 4.88. The number of carbonyl (C=O) groups excluding carboxylic acids is 5. The molecule has 5 rings (SSSR count). The quantitative estimate of drug-likeness (QED) is 0.153. The average Bonchev–Trinajstić information content (AvgIpc) is 3.57. The number of hydrazine groups is 1. The minimum Gasteiger partial charge on any atom is -0.422 e. The van der Waals surface area contributed by atoms with Gasteiger partial charge in [0, 0.05) is 11.1 Å². The molecule has 3 aromatic rings. The first kappa shape index (κ1) is 27.1. The lowest BCUT2D eigenvalue weighted by Crippen LogP contribution is -2.52. The summed E-state index contributed by atoms with van der Waals surface area (Å²) in [6.45, 7) is -0.565. The van der Waals surface area contributed by atoms with Gasteiger partial charge in [-0.2, -0.15) is 5.01 Å². The first-order chi connectivity index (χ1) is 18.7. The van der Waals surface area contributed by atoms with Crippen molar-refractivity contribution in [3.8, 4) is 5.75 Å². The van der Waals surface area contributed by atoms with Crippen LogP contribution in [-0.2, 0) is 9.59 Å². The molecule has 2 aromatic carbocycles. The molecule has 0 spiro atoms. The lowest BCUT2D eigenvalue weighted by atomic mass is 9.81. The van der Waals surface area contributed by atoms with Crippen molar-refractivity contribution in [2.75, 3.05) is 6.54 Å². The van der Waals surface area contributed by atoms with Crippen molar-refractivity contribution in [3.63, 3.8) is 0 Å². The molecule has 0 radical (unpaired) electrons. The van der Waals surface area contributed by atoms with Gasteiger partial charge in [0.15, 0.2) is 5.78 Å². The second kappa shape index (κ2) is 11.3. The van der Waals surface area contributed by atoms with Crippen LogP contribution in [0.15, 0.2) is 60.0 Å². The van der Waals surface area contributed by atoms with Crippen LogP contribution in [0.3, 0.4) is 0 Å². The molecule has 200 valence electrons. The Bertz CT molecular complexity index is 1430. The van der Waals surface area contributed by atoms with Crippen LogP contribution in [0, 0.1) is 11.8 Å². The maximum atomic E-state index is 13.6. The molecule has 8 nitrogen and oxygen atoms in total. The summed E-state index contributed by atoms with van der Waals surface area (Å²) in [5.74, 6) is -3.52. The largest absolute Gasteiger partial charge is 0.422 e. The molecule has 1 saturated heterocycles. The van der Waals surface area contributed by atoms with Crippen LogP contribution < -0.4 is 4.74 Å². The lowest BCUT2D eigenvalue weighted by molar-refractivity contribution is -0.154. The third-order valence-electron chi connectivity index (χ3n) is 6.86. The normalized spacial score (nSPS) is 18.6. The average molecular weight is 585 g/mol. The molecular formula is C28H22Cl2N2O6S. The molecule has 1 aliphatic heterocycles. The van der Waals surface area contributed by atoms with E-state index in [4.69, 9.17) is 27.9 Å². The Labute approximate surface area is 238 Å². The van der Waals surface area contributed by atoms with E-state index in [2.05, 4.69) is 0 Å². The SMILES string of the molecule is O=C(CN(C(=O)c1ccc(Cl)c(Cl)c1)N1C(=O)[C@H]2CCCC[C@@H]2C1=O)c1ccc(OC(=O)c2cccs2)cc1. The summed E-state index contributed by atoms with van der Waals surface area (Å²) in [5.41, 5.74) is 0.276. The van der Waals surface area contributed by atoms with Gasteiger partial charge in [0.25, 0.3) is 17.7 Å². The molecule has 2 atom stereocenters. The second-order valence-corrected chi connectivity index (χ2v) is 11.1. The van der Waals surface area contributed by atoms with E-state index >= 15 is 0 Å². The molecule has 2 heterocycles. The summed E-state index contributed by atoms with van der Waals surface area (Å²) in [6.07, 6.45) is 2.74. The smallest absolute Gasteiger partial charge is 0.353 e. The number of fused-ring (bicyclic) bond motifs is 1. The van der Waals surface area contributed by atoms with Crippen LogP contribution in [0.25, 0.3) is 0 Å². The van der Waals surface area contributed by atoms with Crippen molar-refractivity contribution in [3.05, 3.63) is 86.0 Å². The fraction of sp³-hybridized carbons (Fsp3) is 0.250. The van der Waals surface area contributed by atoms with E-state index in [9.17, 15) is 24.0 Å². The maximum Gasteiger partial charge on any atom is 0.353 e. The van der Waals surface area contributed by atoms with Crippen molar-refractivity contribution in [1.82, 2.24) is 10.0 Å². The number of ketones is 1. The molecule has 0 unspecified atom stereocenters. The molecule has 39 heavy (non-hydrogen) atoms. The maximum absolute atomic E-state index is 13.6. The van der Waals surface area contributed by atoms with Gasteiger partial charge in [0.2, 0.25) is 0 Å². The number of halogens is 2. The van der Waals surface area contributed by atoms with E-state index in [1.54, 1.807) is 17.5 Å². The Hall–Kier alpha value is -3.53. The number of carbonyl (C=O) groups is 5. The molecule has 1 saturated carbocycles. The van der Waals surface area contributed by atoms with Gasteiger partial charge in [-0.05, 0) is 66.8 Å². The number of benzene rings is 2. The Morgan fingerprint density at radius 1 is 0.897 bits per heavy atom. The number of ether oxygens (including phenoxy) is 1. The van der Waals surface area contributed by atoms with Gasteiger partial charge in [-0.15, -0.1) is 11.3 Å². The topological polar surface area (TPSA) is 101 Å². The van der Waals surface area contributed by atoms with E-state index < -0.39 is 47.9 Å². The molecule has 3 amide bonds. The van der Waals surface area contributed by atoms with Crippen molar-refractivity contribution in [1.29, 1.82) is 0 Å². The molecule has 2 fully saturated rings. The predicted molar refractivity (Wildman–Crippen MR) is 145 cm³/mol. The molecule has 1 aliphatic carbocycles. The van der Waals surface area contributed by atoms with E-state index in [1.165, 1.54) is 53.8 Å². The van der Waals surface area contributed by atoms with Gasteiger partial charge in [0.05, 0.1) is 21.9 Å². The van der Waals surface area contributed by atoms with Crippen LogP contribution in [-0.4, -0.2) is 46.0 Å². The molecule has 11 heteroatoms. The van der Waals surface area contributed by atoms with Gasteiger partial charge < -0.3 is 4.74 Å². The third-order valence-corrected chi connectivity index (χ3v) is 8.45. The predicted octanol–water partition coefficient (Wildman–Crippen LogP) is 5.69. The van der Waals surface area contributed by atoms with E-state index in [0.29, 0.717) is 17.7 Å². The van der Waals surface area contributed by atoms with E-state index in [0.717, 1.165) is 22.9 Å². The van der Waals surface area contributed by atoms with Gasteiger partial charge in [0.1, 0.15) is 17.2 Å². The Kier molecular flexibility index (Phi) is 7.83. The van der Waals surface area contributed by atoms with Crippen molar-refractivity contribution < 1.29 is 28.7 Å². The van der Waals surface area contributed by atoms with Crippen molar-refractivity contribution in [2.45, 2.75) is 25.7 Å². The minimum absolute atomic E-state index is 0.0727. The highest BCUT2D eigenvalue weighted by atomic mass is 35.5. The van der Waals surface area contributed by atoms with Crippen LogP contribution in [0.2, 0.25) is 10.0 Å². The monoisotopic (exact) mass is 584 g/mol. The number of imide groups is 1. The third kappa shape index (κ3) is 5.48. The highest BCUT2D eigenvalue weighted by molar-refractivity contribution is 7.12. The number of thiophene rings is 1. The van der Waals surface area contributed by atoms with Gasteiger partial charge in [-0.1, -0.05) is 42.1 Å². The summed E-state index contributed by atoms with van der Waals surface area (Å²) in [4.78, 5) is 66.2.